The Bertz CT molecular complexity index is 108. The minimum Gasteiger partial charge on any atom is -0.396 e. The van der Waals surface area contributed by atoms with Gasteiger partial charge >= 0.3 is 0 Å². The minimum atomic E-state index is -1.22. The Morgan fingerprint density at radius 1 is 0.917 bits per heavy atom. The van der Waals surface area contributed by atoms with Crippen LogP contribution in [0.15, 0.2) is 0 Å². The summed E-state index contributed by atoms with van der Waals surface area (Å²) in [5.41, 5.74) is 0. The van der Waals surface area contributed by atoms with Gasteiger partial charge < -0.3 is 25.5 Å². The van der Waals surface area contributed by atoms with Crippen LogP contribution in [0.4, 0.5) is 0 Å². The van der Waals surface area contributed by atoms with Crippen LogP contribution in [0.3, 0.4) is 0 Å². The van der Waals surface area contributed by atoms with Crippen LogP contribution in [-0.2, 0) is 0 Å². The van der Waals surface area contributed by atoms with Crippen LogP contribution in [0, 0.1) is 0 Å². The van der Waals surface area contributed by atoms with Gasteiger partial charge in [-0.3, -0.25) is 0 Å². The molecule has 0 aliphatic carbocycles. The van der Waals surface area contributed by atoms with E-state index in [1.807, 2.05) is 0 Å². The maximum Gasteiger partial charge on any atom is 0.103 e. The van der Waals surface area contributed by atoms with Crippen molar-refractivity contribution in [1.29, 1.82) is 0 Å². The molecule has 0 amide bonds. The summed E-state index contributed by atoms with van der Waals surface area (Å²) in [6, 6.07) is 0. The van der Waals surface area contributed by atoms with Gasteiger partial charge in [-0.1, -0.05) is 0 Å². The first kappa shape index (κ1) is 11.8. The first-order chi connectivity index (χ1) is 5.61. The van der Waals surface area contributed by atoms with Crippen LogP contribution < -0.4 is 0 Å². The Kier molecular flexibility index (Phi) is 6.23. The first-order valence-corrected chi connectivity index (χ1v) is 3.87. The zero-order chi connectivity index (χ0) is 9.56. The maximum atomic E-state index is 9.06. The highest BCUT2D eigenvalue weighted by atomic mass is 16.4. The second-order valence-electron chi connectivity index (χ2n) is 2.72. The van der Waals surface area contributed by atoms with E-state index < -0.39 is 24.9 Å². The Morgan fingerprint density at radius 3 is 1.92 bits per heavy atom. The molecule has 0 saturated heterocycles. The number of hydrogen-bond acceptors (Lipinski definition) is 5. The van der Waals surface area contributed by atoms with Crippen molar-refractivity contribution in [2.75, 3.05) is 13.2 Å². The Hall–Kier alpha value is -0.200. The van der Waals surface area contributed by atoms with Crippen molar-refractivity contribution in [1.82, 2.24) is 0 Å². The summed E-state index contributed by atoms with van der Waals surface area (Å²) >= 11 is 0. The summed E-state index contributed by atoms with van der Waals surface area (Å²) < 4.78 is 0. The second kappa shape index (κ2) is 6.33. The molecule has 0 spiro atoms. The van der Waals surface area contributed by atoms with Crippen LogP contribution >= 0.6 is 0 Å². The van der Waals surface area contributed by atoms with Crippen molar-refractivity contribution in [3.05, 3.63) is 0 Å². The van der Waals surface area contributed by atoms with Gasteiger partial charge in [0.15, 0.2) is 0 Å². The molecule has 3 atom stereocenters. The molecule has 12 heavy (non-hydrogen) atoms. The third-order valence-corrected chi connectivity index (χ3v) is 1.61. The van der Waals surface area contributed by atoms with E-state index in [9.17, 15) is 0 Å². The van der Waals surface area contributed by atoms with Crippen LogP contribution in [0.25, 0.3) is 0 Å². The standard InChI is InChI=1S/C7H16O5/c8-2-1-5(10)3-6(11)7(12)4-9/h5-12H,1-4H2. The number of aliphatic hydroxyl groups excluding tert-OH is 5. The van der Waals surface area contributed by atoms with E-state index in [2.05, 4.69) is 0 Å². The fourth-order valence-electron chi connectivity index (χ4n) is 0.824. The molecule has 74 valence electrons. The lowest BCUT2D eigenvalue weighted by molar-refractivity contribution is -0.0388. The maximum absolute atomic E-state index is 9.06. The number of aliphatic hydroxyl groups is 5. The lowest BCUT2D eigenvalue weighted by Crippen LogP contribution is -2.32. The fraction of sp³-hybridized carbons (Fsp3) is 1.00. The molecular formula is C7H16O5. The first-order valence-electron chi connectivity index (χ1n) is 3.87. The SMILES string of the molecule is OCCC(O)CC(O)C(O)CO. The zero-order valence-electron chi connectivity index (χ0n) is 6.80. The van der Waals surface area contributed by atoms with Crippen molar-refractivity contribution in [3.8, 4) is 0 Å². The largest absolute Gasteiger partial charge is 0.396 e. The number of rotatable bonds is 6. The third-order valence-electron chi connectivity index (χ3n) is 1.61. The molecule has 0 bridgehead atoms. The summed E-state index contributed by atoms with van der Waals surface area (Å²) in [7, 11) is 0. The second-order valence-corrected chi connectivity index (χ2v) is 2.72. The average Bonchev–Trinajstić information content (AvgIpc) is 2.03. The van der Waals surface area contributed by atoms with Gasteiger partial charge in [0.2, 0.25) is 0 Å². The lowest BCUT2D eigenvalue weighted by Gasteiger charge is -2.18. The summed E-state index contributed by atoms with van der Waals surface area (Å²) in [6.07, 6.45) is -3.08. The smallest absolute Gasteiger partial charge is 0.103 e. The van der Waals surface area contributed by atoms with Gasteiger partial charge in [-0.25, -0.2) is 0 Å². The molecule has 0 aliphatic heterocycles. The number of hydrogen-bond donors (Lipinski definition) is 5. The van der Waals surface area contributed by atoms with E-state index in [0.29, 0.717) is 0 Å². The van der Waals surface area contributed by atoms with Gasteiger partial charge in [0.05, 0.1) is 18.8 Å². The molecule has 0 aliphatic rings. The average molecular weight is 180 g/mol. The summed E-state index contributed by atoms with van der Waals surface area (Å²) in [5.74, 6) is 0. The highest BCUT2D eigenvalue weighted by molar-refractivity contribution is 4.70. The van der Waals surface area contributed by atoms with Gasteiger partial charge in [0.1, 0.15) is 6.10 Å². The van der Waals surface area contributed by atoms with E-state index in [1.54, 1.807) is 0 Å². The van der Waals surface area contributed by atoms with Gasteiger partial charge in [-0.2, -0.15) is 0 Å². The van der Waals surface area contributed by atoms with Crippen LogP contribution in [0.5, 0.6) is 0 Å². The van der Waals surface area contributed by atoms with E-state index in [0.717, 1.165) is 0 Å². The van der Waals surface area contributed by atoms with Gasteiger partial charge in [-0.15, -0.1) is 0 Å². The molecule has 0 aromatic carbocycles. The van der Waals surface area contributed by atoms with E-state index in [1.165, 1.54) is 0 Å². The van der Waals surface area contributed by atoms with Gasteiger partial charge in [-0.05, 0) is 6.42 Å². The summed E-state index contributed by atoms with van der Waals surface area (Å²) in [6.45, 7) is -0.698. The van der Waals surface area contributed by atoms with Crippen molar-refractivity contribution in [2.24, 2.45) is 0 Å². The minimum absolute atomic E-state index is 0.0394. The summed E-state index contributed by atoms with van der Waals surface area (Å²) in [4.78, 5) is 0. The Balaban J connectivity index is 3.59. The normalized spacial score (nSPS) is 18.8. The fourth-order valence-corrected chi connectivity index (χ4v) is 0.824. The molecule has 0 fully saturated rings. The van der Waals surface area contributed by atoms with Crippen molar-refractivity contribution >= 4 is 0 Å². The molecule has 5 heteroatoms. The molecular weight excluding hydrogens is 164 g/mol. The quantitative estimate of drug-likeness (QED) is 0.320. The molecule has 0 heterocycles. The highest BCUT2D eigenvalue weighted by Crippen LogP contribution is 2.05. The molecule has 0 saturated carbocycles. The van der Waals surface area contributed by atoms with Crippen molar-refractivity contribution in [3.63, 3.8) is 0 Å². The van der Waals surface area contributed by atoms with Crippen molar-refractivity contribution < 1.29 is 25.5 Å². The van der Waals surface area contributed by atoms with E-state index in [-0.39, 0.29) is 19.4 Å². The highest BCUT2D eigenvalue weighted by Gasteiger charge is 2.18. The van der Waals surface area contributed by atoms with E-state index in [4.69, 9.17) is 25.5 Å². The third kappa shape index (κ3) is 4.63. The molecule has 3 unspecified atom stereocenters. The zero-order valence-corrected chi connectivity index (χ0v) is 6.80. The molecule has 0 radical (unpaired) electrons. The van der Waals surface area contributed by atoms with Crippen molar-refractivity contribution in [2.45, 2.75) is 31.2 Å². The predicted molar refractivity (Wildman–Crippen MR) is 41.4 cm³/mol. The summed E-state index contributed by atoms with van der Waals surface area (Å²) in [5, 5.41) is 43.8. The van der Waals surface area contributed by atoms with Crippen LogP contribution in [0.1, 0.15) is 12.8 Å². The van der Waals surface area contributed by atoms with Crippen LogP contribution in [-0.4, -0.2) is 57.1 Å². The molecule has 5 nitrogen and oxygen atoms in total. The molecule has 0 aromatic heterocycles. The van der Waals surface area contributed by atoms with Gasteiger partial charge in [0, 0.05) is 13.0 Å². The Labute approximate surface area is 70.9 Å². The molecule has 0 rings (SSSR count). The van der Waals surface area contributed by atoms with Gasteiger partial charge in [0.25, 0.3) is 0 Å². The topological polar surface area (TPSA) is 101 Å². The molecule has 0 aromatic rings. The molecule has 5 N–H and O–H groups in total. The van der Waals surface area contributed by atoms with Crippen LogP contribution in [0.2, 0.25) is 0 Å². The predicted octanol–water partition coefficient (Wildman–Crippen LogP) is -2.17. The Morgan fingerprint density at radius 2 is 1.50 bits per heavy atom. The van der Waals surface area contributed by atoms with E-state index >= 15 is 0 Å². The monoisotopic (exact) mass is 180 g/mol. The lowest BCUT2D eigenvalue weighted by atomic mass is 10.1.